The normalized spacial score (nSPS) is 25.4. The van der Waals surface area contributed by atoms with Gasteiger partial charge in [0.05, 0.1) is 6.61 Å². The SMILES string of the molecule is CC1(C)CCCC1Nc1ccc2c(c1)CCO2. The van der Waals surface area contributed by atoms with Crippen LogP contribution in [0.5, 0.6) is 5.75 Å². The summed E-state index contributed by atoms with van der Waals surface area (Å²) in [6.07, 6.45) is 5.02. The van der Waals surface area contributed by atoms with Crippen LogP contribution in [0.2, 0.25) is 0 Å². The van der Waals surface area contributed by atoms with Crippen molar-refractivity contribution >= 4 is 5.69 Å². The standard InChI is InChI=1S/C15H21NO/c1-15(2)8-3-4-14(15)16-12-5-6-13-11(10-12)7-9-17-13/h5-6,10,14,16H,3-4,7-9H2,1-2H3. The first kappa shape index (κ1) is 10.9. The number of ether oxygens (including phenoxy) is 1. The molecule has 1 aromatic carbocycles. The van der Waals surface area contributed by atoms with Crippen LogP contribution in [0.3, 0.4) is 0 Å². The molecule has 2 aliphatic rings. The molecule has 0 bridgehead atoms. The first-order chi connectivity index (χ1) is 8.15. The van der Waals surface area contributed by atoms with Crippen LogP contribution in [0.25, 0.3) is 0 Å². The maximum atomic E-state index is 5.54. The number of hydrogen-bond acceptors (Lipinski definition) is 2. The van der Waals surface area contributed by atoms with Crippen LogP contribution in [-0.4, -0.2) is 12.6 Å². The van der Waals surface area contributed by atoms with Crippen molar-refractivity contribution in [1.29, 1.82) is 0 Å². The van der Waals surface area contributed by atoms with Crippen molar-refractivity contribution < 1.29 is 4.74 Å². The van der Waals surface area contributed by atoms with Gasteiger partial charge in [-0.25, -0.2) is 0 Å². The maximum absolute atomic E-state index is 5.54. The molecule has 17 heavy (non-hydrogen) atoms. The number of rotatable bonds is 2. The molecule has 1 atom stereocenters. The van der Waals surface area contributed by atoms with Crippen molar-refractivity contribution in [3.05, 3.63) is 23.8 Å². The van der Waals surface area contributed by atoms with Crippen LogP contribution in [-0.2, 0) is 6.42 Å². The highest BCUT2D eigenvalue weighted by Crippen LogP contribution is 2.39. The van der Waals surface area contributed by atoms with Crippen molar-refractivity contribution in [2.24, 2.45) is 5.41 Å². The molecule has 1 aliphatic heterocycles. The zero-order chi connectivity index (χ0) is 11.9. The van der Waals surface area contributed by atoms with Crippen molar-refractivity contribution in [1.82, 2.24) is 0 Å². The van der Waals surface area contributed by atoms with E-state index in [1.54, 1.807) is 0 Å². The largest absolute Gasteiger partial charge is 0.493 e. The Morgan fingerprint density at radius 2 is 2.24 bits per heavy atom. The molecule has 0 amide bonds. The predicted octanol–water partition coefficient (Wildman–Crippen LogP) is 3.61. The fraction of sp³-hybridized carbons (Fsp3) is 0.600. The quantitative estimate of drug-likeness (QED) is 0.839. The molecular weight excluding hydrogens is 210 g/mol. The van der Waals surface area contributed by atoms with E-state index in [1.807, 2.05) is 0 Å². The van der Waals surface area contributed by atoms with Crippen molar-refractivity contribution in [3.8, 4) is 5.75 Å². The number of nitrogens with one attached hydrogen (secondary N) is 1. The molecule has 1 fully saturated rings. The van der Waals surface area contributed by atoms with Crippen LogP contribution in [0.15, 0.2) is 18.2 Å². The summed E-state index contributed by atoms with van der Waals surface area (Å²) < 4.78 is 5.54. The average molecular weight is 231 g/mol. The number of hydrogen-bond donors (Lipinski definition) is 1. The number of fused-ring (bicyclic) bond motifs is 1. The van der Waals surface area contributed by atoms with Gasteiger partial charge in [0.15, 0.2) is 0 Å². The van der Waals surface area contributed by atoms with Gasteiger partial charge in [-0.15, -0.1) is 0 Å². The Hall–Kier alpha value is -1.18. The van der Waals surface area contributed by atoms with Gasteiger partial charge in [-0.3, -0.25) is 0 Å². The van der Waals surface area contributed by atoms with Gasteiger partial charge in [-0.1, -0.05) is 20.3 Å². The van der Waals surface area contributed by atoms with E-state index < -0.39 is 0 Å². The van der Waals surface area contributed by atoms with Crippen LogP contribution in [0.4, 0.5) is 5.69 Å². The second-order valence-electron chi connectivity index (χ2n) is 6.00. The van der Waals surface area contributed by atoms with Gasteiger partial charge >= 0.3 is 0 Å². The van der Waals surface area contributed by atoms with Crippen LogP contribution < -0.4 is 10.1 Å². The van der Waals surface area contributed by atoms with Gasteiger partial charge in [0.25, 0.3) is 0 Å². The fourth-order valence-corrected chi connectivity index (χ4v) is 3.07. The second kappa shape index (κ2) is 3.94. The van der Waals surface area contributed by atoms with Crippen LogP contribution >= 0.6 is 0 Å². The minimum absolute atomic E-state index is 0.426. The molecule has 2 nitrogen and oxygen atoms in total. The highest BCUT2D eigenvalue weighted by Gasteiger charge is 2.34. The third kappa shape index (κ3) is 2.01. The molecular formula is C15H21NO. The second-order valence-corrected chi connectivity index (χ2v) is 6.00. The monoisotopic (exact) mass is 231 g/mol. The summed E-state index contributed by atoms with van der Waals surface area (Å²) in [5.41, 5.74) is 3.04. The highest BCUT2D eigenvalue weighted by molar-refractivity contribution is 5.53. The lowest BCUT2D eigenvalue weighted by molar-refractivity contribution is 0.350. The number of anilines is 1. The van der Waals surface area contributed by atoms with E-state index in [2.05, 4.69) is 37.4 Å². The highest BCUT2D eigenvalue weighted by atomic mass is 16.5. The Morgan fingerprint density at radius 1 is 1.35 bits per heavy atom. The molecule has 0 saturated heterocycles. The third-order valence-electron chi connectivity index (χ3n) is 4.29. The van der Waals surface area contributed by atoms with E-state index in [0.29, 0.717) is 11.5 Å². The molecule has 1 aromatic rings. The van der Waals surface area contributed by atoms with Crippen LogP contribution in [0.1, 0.15) is 38.7 Å². The Morgan fingerprint density at radius 3 is 3.00 bits per heavy atom. The lowest BCUT2D eigenvalue weighted by Gasteiger charge is -2.28. The summed E-state index contributed by atoms with van der Waals surface area (Å²) in [4.78, 5) is 0. The molecule has 92 valence electrons. The zero-order valence-corrected chi connectivity index (χ0v) is 10.8. The first-order valence-corrected chi connectivity index (χ1v) is 6.67. The molecule has 0 aromatic heterocycles. The summed E-state index contributed by atoms with van der Waals surface area (Å²) in [6.45, 7) is 5.58. The molecule has 1 N–H and O–H groups in total. The lowest BCUT2D eigenvalue weighted by atomic mass is 9.87. The molecule has 0 spiro atoms. The Bertz CT molecular complexity index is 425. The van der Waals surface area contributed by atoms with Crippen LogP contribution in [0, 0.1) is 5.41 Å². The van der Waals surface area contributed by atoms with E-state index in [-0.39, 0.29) is 0 Å². The molecule has 1 saturated carbocycles. The minimum atomic E-state index is 0.426. The van der Waals surface area contributed by atoms with Gasteiger partial charge in [-0.05, 0) is 42.0 Å². The fourth-order valence-electron chi connectivity index (χ4n) is 3.07. The van der Waals surface area contributed by atoms with E-state index in [4.69, 9.17) is 4.74 Å². The molecule has 0 radical (unpaired) electrons. The topological polar surface area (TPSA) is 21.3 Å². The first-order valence-electron chi connectivity index (χ1n) is 6.67. The average Bonchev–Trinajstić information content (AvgIpc) is 2.85. The van der Waals surface area contributed by atoms with Crippen molar-refractivity contribution in [2.45, 2.75) is 45.6 Å². The summed E-state index contributed by atoms with van der Waals surface area (Å²) in [5.74, 6) is 1.07. The third-order valence-corrected chi connectivity index (χ3v) is 4.29. The summed E-state index contributed by atoms with van der Waals surface area (Å²) in [5, 5.41) is 3.71. The zero-order valence-electron chi connectivity index (χ0n) is 10.8. The van der Waals surface area contributed by atoms with E-state index in [0.717, 1.165) is 18.8 Å². The lowest BCUT2D eigenvalue weighted by Crippen LogP contribution is -2.30. The smallest absolute Gasteiger partial charge is 0.122 e. The van der Waals surface area contributed by atoms with Gasteiger partial charge in [0.1, 0.15) is 5.75 Å². The summed E-state index contributed by atoms with van der Waals surface area (Å²) in [7, 11) is 0. The van der Waals surface area contributed by atoms with Gasteiger partial charge < -0.3 is 10.1 Å². The van der Waals surface area contributed by atoms with Gasteiger partial charge in [-0.2, -0.15) is 0 Å². The number of benzene rings is 1. The van der Waals surface area contributed by atoms with Crippen molar-refractivity contribution in [3.63, 3.8) is 0 Å². The van der Waals surface area contributed by atoms with Gasteiger partial charge in [0.2, 0.25) is 0 Å². The molecule has 2 heteroatoms. The Balaban J connectivity index is 1.77. The van der Waals surface area contributed by atoms with Crippen molar-refractivity contribution in [2.75, 3.05) is 11.9 Å². The van der Waals surface area contributed by atoms with E-state index in [1.165, 1.54) is 30.5 Å². The molecule has 1 unspecified atom stereocenters. The van der Waals surface area contributed by atoms with E-state index in [9.17, 15) is 0 Å². The van der Waals surface area contributed by atoms with Gasteiger partial charge in [0, 0.05) is 18.2 Å². The Kier molecular flexibility index (Phi) is 2.53. The minimum Gasteiger partial charge on any atom is -0.493 e. The summed E-state index contributed by atoms with van der Waals surface area (Å²) in [6, 6.07) is 7.13. The molecule has 3 rings (SSSR count). The summed E-state index contributed by atoms with van der Waals surface area (Å²) >= 11 is 0. The Labute approximate surface area is 103 Å². The molecule has 1 aliphatic carbocycles. The molecule has 1 heterocycles. The van der Waals surface area contributed by atoms with E-state index >= 15 is 0 Å². The maximum Gasteiger partial charge on any atom is 0.122 e. The predicted molar refractivity (Wildman–Crippen MR) is 70.7 cm³/mol.